The summed E-state index contributed by atoms with van der Waals surface area (Å²) >= 11 is 0. The number of amides is 1. The predicted molar refractivity (Wildman–Crippen MR) is 84.4 cm³/mol. The molecule has 2 N–H and O–H groups in total. The Bertz CT molecular complexity index is 667. The van der Waals surface area contributed by atoms with Gasteiger partial charge in [0.2, 0.25) is 5.91 Å². The van der Waals surface area contributed by atoms with E-state index in [0.29, 0.717) is 13.0 Å². The van der Waals surface area contributed by atoms with E-state index in [1.54, 1.807) is 13.3 Å². The van der Waals surface area contributed by atoms with Gasteiger partial charge in [-0.2, -0.15) is 0 Å². The number of aliphatic hydroxyl groups is 1. The highest BCUT2D eigenvalue weighted by Crippen LogP contribution is 2.26. The van der Waals surface area contributed by atoms with E-state index < -0.39 is 5.60 Å². The third-order valence-electron chi connectivity index (χ3n) is 4.33. The molecular formula is C17H22N2O3. The van der Waals surface area contributed by atoms with E-state index in [0.717, 1.165) is 30.5 Å². The molecule has 2 heterocycles. The van der Waals surface area contributed by atoms with Gasteiger partial charge >= 0.3 is 0 Å². The molecule has 1 aliphatic rings. The predicted octanol–water partition coefficient (Wildman–Crippen LogP) is 1.90. The van der Waals surface area contributed by atoms with Crippen LogP contribution in [-0.4, -0.2) is 41.7 Å². The second-order valence-electron chi connectivity index (χ2n) is 6.18. The quantitative estimate of drug-likeness (QED) is 0.905. The number of hydrogen-bond donors (Lipinski definition) is 2. The Kier molecular flexibility index (Phi) is 4.18. The van der Waals surface area contributed by atoms with Gasteiger partial charge in [-0.05, 0) is 43.1 Å². The number of benzene rings is 1. The maximum atomic E-state index is 11.6. The highest BCUT2D eigenvalue weighted by Gasteiger charge is 2.35. The maximum absolute atomic E-state index is 11.6. The van der Waals surface area contributed by atoms with Crippen molar-refractivity contribution in [2.24, 2.45) is 0 Å². The van der Waals surface area contributed by atoms with Gasteiger partial charge in [-0.1, -0.05) is 6.07 Å². The molecule has 1 amide bonds. The van der Waals surface area contributed by atoms with E-state index in [1.165, 1.54) is 5.56 Å². The number of fused-ring (bicyclic) bond motifs is 1. The van der Waals surface area contributed by atoms with Crippen LogP contribution in [0.3, 0.4) is 0 Å². The van der Waals surface area contributed by atoms with Crippen molar-refractivity contribution in [3.8, 4) is 0 Å². The lowest BCUT2D eigenvalue weighted by atomic mass is 9.89. The Labute approximate surface area is 129 Å². The first-order valence-electron chi connectivity index (χ1n) is 7.69. The Hall–Kier alpha value is -1.85. The van der Waals surface area contributed by atoms with Crippen molar-refractivity contribution in [3.05, 3.63) is 36.1 Å². The topological polar surface area (TPSA) is 65.7 Å². The minimum absolute atomic E-state index is 0.107. The summed E-state index contributed by atoms with van der Waals surface area (Å²) in [4.78, 5) is 13.8. The van der Waals surface area contributed by atoms with Gasteiger partial charge in [-0.25, -0.2) is 0 Å². The Morgan fingerprint density at radius 1 is 1.45 bits per heavy atom. The molecule has 0 bridgehead atoms. The van der Waals surface area contributed by atoms with Crippen molar-refractivity contribution in [1.29, 1.82) is 0 Å². The monoisotopic (exact) mass is 302 g/mol. The summed E-state index contributed by atoms with van der Waals surface area (Å²) in [6.45, 7) is 2.25. The van der Waals surface area contributed by atoms with E-state index in [4.69, 9.17) is 4.42 Å². The van der Waals surface area contributed by atoms with Crippen molar-refractivity contribution in [2.75, 3.05) is 20.1 Å². The summed E-state index contributed by atoms with van der Waals surface area (Å²) in [5, 5.41) is 14.3. The Balaban J connectivity index is 1.67. The summed E-state index contributed by atoms with van der Waals surface area (Å²) in [5.41, 5.74) is 1.16. The van der Waals surface area contributed by atoms with E-state index in [9.17, 15) is 9.90 Å². The molecule has 0 spiro atoms. The lowest BCUT2D eigenvalue weighted by Gasteiger charge is -2.38. The normalized spacial score (nSPS) is 22.8. The van der Waals surface area contributed by atoms with Crippen molar-refractivity contribution in [3.63, 3.8) is 0 Å². The Morgan fingerprint density at radius 2 is 2.32 bits per heavy atom. The smallest absolute Gasteiger partial charge is 0.222 e. The second-order valence-corrected chi connectivity index (χ2v) is 6.18. The summed E-state index contributed by atoms with van der Waals surface area (Å²) in [6, 6.07) is 8.10. The average Bonchev–Trinajstić information content (AvgIpc) is 2.94. The third kappa shape index (κ3) is 3.31. The lowest BCUT2D eigenvalue weighted by Crippen LogP contribution is -2.49. The molecule has 1 atom stereocenters. The highest BCUT2D eigenvalue weighted by molar-refractivity contribution is 5.77. The molecular weight excluding hydrogens is 280 g/mol. The zero-order chi connectivity index (χ0) is 15.6. The summed E-state index contributed by atoms with van der Waals surface area (Å²) in [5.74, 6) is -0.107. The zero-order valence-corrected chi connectivity index (χ0v) is 12.8. The third-order valence-corrected chi connectivity index (χ3v) is 4.33. The van der Waals surface area contributed by atoms with E-state index in [-0.39, 0.29) is 12.3 Å². The van der Waals surface area contributed by atoms with E-state index in [2.05, 4.69) is 22.3 Å². The molecule has 1 aromatic heterocycles. The van der Waals surface area contributed by atoms with Gasteiger partial charge in [0.25, 0.3) is 0 Å². The molecule has 5 heteroatoms. The van der Waals surface area contributed by atoms with Gasteiger partial charge in [-0.15, -0.1) is 0 Å². The zero-order valence-electron chi connectivity index (χ0n) is 12.8. The van der Waals surface area contributed by atoms with Crippen LogP contribution < -0.4 is 5.32 Å². The first-order valence-corrected chi connectivity index (χ1v) is 7.69. The Morgan fingerprint density at radius 3 is 3.14 bits per heavy atom. The SMILES string of the molecule is CNC(=O)CC1(O)CCCN(Cc2ccc3occc3c2)C1. The minimum atomic E-state index is -0.919. The molecule has 1 fully saturated rings. The molecule has 1 aromatic carbocycles. The van der Waals surface area contributed by atoms with Crippen LogP contribution in [0.4, 0.5) is 0 Å². The molecule has 2 aromatic rings. The molecule has 5 nitrogen and oxygen atoms in total. The number of furan rings is 1. The van der Waals surface area contributed by atoms with Crippen LogP contribution in [0.25, 0.3) is 11.0 Å². The molecule has 0 aliphatic carbocycles. The van der Waals surface area contributed by atoms with Crippen LogP contribution in [0.2, 0.25) is 0 Å². The van der Waals surface area contributed by atoms with Crippen molar-refractivity contribution in [1.82, 2.24) is 10.2 Å². The standard InChI is InChI=1S/C17H22N2O3/c1-18-16(20)10-17(21)6-2-7-19(12-17)11-13-3-4-15-14(9-13)5-8-22-15/h3-5,8-9,21H,2,6-7,10-12H2,1H3,(H,18,20). The molecule has 22 heavy (non-hydrogen) atoms. The number of nitrogens with zero attached hydrogens (tertiary/aromatic N) is 1. The van der Waals surface area contributed by atoms with Gasteiger partial charge in [0, 0.05) is 25.5 Å². The van der Waals surface area contributed by atoms with Gasteiger partial charge in [0.15, 0.2) is 0 Å². The number of likely N-dealkylation sites (tertiary alicyclic amines) is 1. The van der Waals surface area contributed by atoms with Crippen LogP contribution in [0.1, 0.15) is 24.8 Å². The molecule has 0 radical (unpaired) electrons. The molecule has 3 rings (SSSR count). The fourth-order valence-electron chi connectivity index (χ4n) is 3.25. The van der Waals surface area contributed by atoms with Crippen LogP contribution >= 0.6 is 0 Å². The first kappa shape index (κ1) is 15.1. The maximum Gasteiger partial charge on any atom is 0.222 e. The van der Waals surface area contributed by atoms with Crippen LogP contribution in [-0.2, 0) is 11.3 Å². The van der Waals surface area contributed by atoms with Crippen LogP contribution in [0, 0.1) is 0 Å². The summed E-state index contributed by atoms with van der Waals surface area (Å²) in [7, 11) is 1.60. The van der Waals surface area contributed by atoms with Gasteiger partial charge in [-0.3, -0.25) is 9.69 Å². The molecule has 1 unspecified atom stereocenters. The lowest BCUT2D eigenvalue weighted by molar-refractivity contribution is -0.128. The van der Waals surface area contributed by atoms with E-state index in [1.807, 2.05) is 12.1 Å². The van der Waals surface area contributed by atoms with Crippen molar-refractivity contribution < 1.29 is 14.3 Å². The first-order chi connectivity index (χ1) is 10.6. The number of piperidine rings is 1. The largest absolute Gasteiger partial charge is 0.464 e. The van der Waals surface area contributed by atoms with Crippen molar-refractivity contribution >= 4 is 16.9 Å². The number of carbonyl (C=O) groups is 1. The second kappa shape index (κ2) is 6.10. The highest BCUT2D eigenvalue weighted by atomic mass is 16.3. The summed E-state index contributed by atoms with van der Waals surface area (Å²) in [6.07, 6.45) is 3.44. The number of nitrogens with one attached hydrogen (secondary N) is 1. The van der Waals surface area contributed by atoms with E-state index >= 15 is 0 Å². The number of rotatable bonds is 4. The minimum Gasteiger partial charge on any atom is -0.464 e. The molecule has 1 saturated heterocycles. The molecule has 118 valence electrons. The molecule has 0 saturated carbocycles. The summed E-state index contributed by atoms with van der Waals surface area (Å²) < 4.78 is 5.35. The van der Waals surface area contributed by atoms with Gasteiger partial charge in [0.05, 0.1) is 18.3 Å². The number of β-amino-alcohol motifs (C(OH)–C–C–N with tert-alkyl or cyclic N) is 1. The molecule has 1 aliphatic heterocycles. The van der Waals surface area contributed by atoms with Crippen LogP contribution in [0.5, 0.6) is 0 Å². The number of hydrogen-bond acceptors (Lipinski definition) is 4. The van der Waals surface area contributed by atoms with Crippen molar-refractivity contribution in [2.45, 2.75) is 31.4 Å². The van der Waals surface area contributed by atoms with Gasteiger partial charge in [0.1, 0.15) is 5.58 Å². The fraction of sp³-hybridized carbons (Fsp3) is 0.471. The average molecular weight is 302 g/mol. The fourth-order valence-corrected chi connectivity index (χ4v) is 3.25. The van der Waals surface area contributed by atoms with Crippen LogP contribution in [0.15, 0.2) is 34.9 Å². The number of carbonyl (C=O) groups excluding carboxylic acids is 1. The van der Waals surface area contributed by atoms with Gasteiger partial charge < -0.3 is 14.8 Å².